The maximum Gasteiger partial charge on any atom is 0.129 e. The summed E-state index contributed by atoms with van der Waals surface area (Å²) in [5.41, 5.74) is 1.64. The largest absolute Gasteiger partial charge is 0.377 e. The molecule has 1 aromatic rings. The fraction of sp³-hybridized carbons (Fsp3) is 0.538. The first-order valence-corrected chi connectivity index (χ1v) is 5.51. The van der Waals surface area contributed by atoms with Gasteiger partial charge in [0.25, 0.3) is 0 Å². The Kier molecular flexibility index (Phi) is 3.92. The summed E-state index contributed by atoms with van der Waals surface area (Å²) in [5.74, 6) is -0.150. The normalized spacial score (nSPS) is 11.6. The van der Waals surface area contributed by atoms with Crippen LogP contribution < -0.4 is 10.2 Å². The van der Waals surface area contributed by atoms with Crippen LogP contribution in [0, 0.1) is 5.82 Å². The van der Waals surface area contributed by atoms with Gasteiger partial charge >= 0.3 is 0 Å². The highest BCUT2D eigenvalue weighted by molar-refractivity contribution is 5.53. The van der Waals surface area contributed by atoms with Crippen LogP contribution in [0.25, 0.3) is 0 Å². The SMILES string of the molecule is CN(C)c1cccc(F)c1CNC(C)(C)C. The van der Waals surface area contributed by atoms with Gasteiger partial charge in [0.05, 0.1) is 0 Å². The Balaban J connectivity index is 2.93. The molecule has 1 N–H and O–H groups in total. The molecule has 0 heterocycles. The van der Waals surface area contributed by atoms with E-state index in [0.717, 1.165) is 11.3 Å². The number of nitrogens with one attached hydrogen (secondary N) is 1. The van der Waals surface area contributed by atoms with Crippen molar-refractivity contribution in [3.63, 3.8) is 0 Å². The molecule has 0 radical (unpaired) electrons. The third-order valence-electron chi connectivity index (χ3n) is 2.37. The summed E-state index contributed by atoms with van der Waals surface area (Å²) >= 11 is 0. The molecule has 0 atom stereocenters. The fourth-order valence-corrected chi connectivity index (χ4v) is 1.49. The summed E-state index contributed by atoms with van der Waals surface area (Å²) in [6.07, 6.45) is 0. The second-order valence-corrected chi connectivity index (χ2v) is 5.24. The van der Waals surface area contributed by atoms with E-state index in [1.807, 2.05) is 25.1 Å². The highest BCUT2D eigenvalue weighted by atomic mass is 19.1. The van der Waals surface area contributed by atoms with Crippen molar-refractivity contribution in [2.75, 3.05) is 19.0 Å². The van der Waals surface area contributed by atoms with Crippen LogP contribution in [0.3, 0.4) is 0 Å². The Bertz CT molecular complexity index is 353. The second-order valence-electron chi connectivity index (χ2n) is 5.24. The average molecular weight is 224 g/mol. The van der Waals surface area contributed by atoms with Crippen molar-refractivity contribution in [1.29, 1.82) is 0 Å². The maximum atomic E-state index is 13.7. The molecule has 0 saturated heterocycles. The number of nitrogens with zero attached hydrogens (tertiary/aromatic N) is 1. The van der Waals surface area contributed by atoms with Crippen LogP contribution >= 0.6 is 0 Å². The van der Waals surface area contributed by atoms with Crippen molar-refractivity contribution in [3.05, 3.63) is 29.6 Å². The average Bonchev–Trinajstić information content (AvgIpc) is 2.13. The molecule has 0 aliphatic carbocycles. The monoisotopic (exact) mass is 224 g/mol. The minimum atomic E-state index is -0.150. The fourth-order valence-electron chi connectivity index (χ4n) is 1.49. The van der Waals surface area contributed by atoms with Gasteiger partial charge in [-0.1, -0.05) is 6.07 Å². The van der Waals surface area contributed by atoms with Gasteiger partial charge in [0, 0.05) is 37.4 Å². The zero-order valence-corrected chi connectivity index (χ0v) is 10.8. The molecular weight excluding hydrogens is 203 g/mol. The third kappa shape index (κ3) is 3.49. The first kappa shape index (κ1) is 13.0. The number of rotatable bonds is 3. The van der Waals surface area contributed by atoms with Gasteiger partial charge in [-0.2, -0.15) is 0 Å². The lowest BCUT2D eigenvalue weighted by atomic mass is 10.1. The molecule has 16 heavy (non-hydrogen) atoms. The van der Waals surface area contributed by atoms with E-state index in [1.165, 1.54) is 6.07 Å². The third-order valence-corrected chi connectivity index (χ3v) is 2.37. The van der Waals surface area contributed by atoms with Crippen molar-refractivity contribution in [1.82, 2.24) is 5.32 Å². The van der Waals surface area contributed by atoms with Crippen molar-refractivity contribution >= 4 is 5.69 Å². The Morgan fingerprint density at radius 2 is 1.88 bits per heavy atom. The van der Waals surface area contributed by atoms with Gasteiger partial charge in [-0.3, -0.25) is 0 Å². The zero-order chi connectivity index (χ0) is 12.3. The Morgan fingerprint density at radius 3 is 2.38 bits per heavy atom. The lowest BCUT2D eigenvalue weighted by molar-refractivity contribution is 0.419. The van der Waals surface area contributed by atoms with Gasteiger partial charge in [0.15, 0.2) is 0 Å². The molecule has 0 bridgehead atoms. The van der Waals surface area contributed by atoms with Crippen LogP contribution in [0.4, 0.5) is 10.1 Å². The topological polar surface area (TPSA) is 15.3 Å². The molecule has 0 fully saturated rings. The van der Waals surface area contributed by atoms with Gasteiger partial charge in [-0.05, 0) is 32.9 Å². The predicted octanol–water partition coefficient (Wildman–Crippen LogP) is 2.78. The zero-order valence-electron chi connectivity index (χ0n) is 10.8. The summed E-state index contributed by atoms with van der Waals surface area (Å²) in [6, 6.07) is 5.18. The molecule has 1 rings (SSSR count). The van der Waals surface area contributed by atoms with E-state index >= 15 is 0 Å². The first-order chi connectivity index (χ1) is 7.31. The number of hydrogen-bond acceptors (Lipinski definition) is 2. The number of halogens is 1. The molecule has 0 unspecified atom stereocenters. The molecule has 0 amide bonds. The van der Waals surface area contributed by atoms with E-state index in [9.17, 15) is 4.39 Å². The Labute approximate surface area is 97.5 Å². The van der Waals surface area contributed by atoms with E-state index in [2.05, 4.69) is 26.1 Å². The first-order valence-electron chi connectivity index (χ1n) is 5.51. The van der Waals surface area contributed by atoms with Gasteiger partial charge in [0.2, 0.25) is 0 Å². The number of hydrogen-bond donors (Lipinski definition) is 1. The molecule has 2 nitrogen and oxygen atoms in total. The van der Waals surface area contributed by atoms with Gasteiger partial charge in [-0.15, -0.1) is 0 Å². The Hall–Kier alpha value is -1.09. The second kappa shape index (κ2) is 4.83. The molecule has 0 aliphatic heterocycles. The molecule has 0 saturated carbocycles. The highest BCUT2D eigenvalue weighted by Gasteiger charge is 2.14. The maximum absolute atomic E-state index is 13.7. The minimum absolute atomic E-state index is 0.00807. The summed E-state index contributed by atoms with van der Waals surface area (Å²) in [5, 5.41) is 3.31. The molecule has 0 spiro atoms. The minimum Gasteiger partial charge on any atom is -0.377 e. The van der Waals surface area contributed by atoms with E-state index < -0.39 is 0 Å². The van der Waals surface area contributed by atoms with E-state index in [-0.39, 0.29) is 11.4 Å². The van der Waals surface area contributed by atoms with Gasteiger partial charge in [0.1, 0.15) is 5.82 Å². The van der Waals surface area contributed by atoms with Crippen molar-refractivity contribution in [2.45, 2.75) is 32.9 Å². The highest BCUT2D eigenvalue weighted by Crippen LogP contribution is 2.21. The Morgan fingerprint density at radius 1 is 1.25 bits per heavy atom. The van der Waals surface area contributed by atoms with Crippen LogP contribution in [0.15, 0.2) is 18.2 Å². The van der Waals surface area contributed by atoms with Crippen LogP contribution in [0.5, 0.6) is 0 Å². The molecule has 0 aliphatic rings. The molecule has 1 aromatic carbocycles. The quantitative estimate of drug-likeness (QED) is 0.849. The summed E-state index contributed by atoms with van der Waals surface area (Å²) in [7, 11) is 3.85. The lowest BCUT2D eigenvalue weighted by Crippen LogP contribution is -2.35. The van der Waals surface area contributed by atoms with Crippen molar-refractivity contribution in [2.24, 2.45) is 0 Å². The molecule has 3 heteroatoms. The van der Waals surface area contributed by atoms with E-state index in [4.69, 9.17) is 0 Å². The summed E-state index contributed by atoms with van der Waals surface area (Å²) < 4.78 is 13.7. The van der Waals surface area contributed by atoms with Crippen LogP contribution in [-0.4, -0.2) is 19.6 Å². The summed E-state index contributed by atoms with van der Waals surface area (Å²) in [6.45, 7) is 6.76. The lowest BCUT2D eigenvalue weighted by Gasteiger charge is -2.24. The standard InChI is InChI=1S/C13H21FN2/c1-13(2,3)15-9-10-11(14)7-6-8-12(10)16(4)5/h6-8,15H,9H2,1-5H3. The smallest absolute Gasteiger partial charge is 0.129 e. The van der Waals surface area contributed by atoms with Crippen molar-refractivity contribution in [3.8, 4) is 0 Å². The molecule has 0 aromatic heterocycles. The predicted molar refractivity (Wildman–Crippen MR) is 67.3 cm³/mol. The van der Waals surface area contributed by atoms with Gasteiger partial charge < -0.3 is 10.2 Å². The van der Waals surface area contributed by atoms with E-state index in [1.54, 1.807) is 6.07 Å². The molecule has 90 valence electrons. The molecular formula is C13H21FN2. The van der Waals surface area contributed by atoms with Crippen molar-refractivity contribution < 1.29 is 4.39 Å². The van der Waals surface area contributed by atoms with E-state index in [0.29, 0.717) is 6.54 Å². The number of anilines is 1. The van der Waals surface area contributed by atoms with Crippen LogP contribution in [0.2, 0.25) is 0 Å². The number of benzene rings is 1. The van der Waals surface area contributed by atoms with Crippen LogP contribution in [0.1, 0.15) is 26.3 Å². The summed E-state index contributed by atoms with van der Waals surface area (Å²) in [4.78, 5) is 1.93. The van der Waals surface area contributed by atoms with Crippen LogP contribution in [-0.2, 0) is 6.54 Å². The van der Waals surface area contributed by atoms with Gasteiger partial charge in [-0.25, -0.2) is 4.39 Å².